The number of nitrogens with zero attached hydrogens (tertiary/aromatic N) is 1. The van der Waals surface area contributed by atoms with Crippen LogP contribution in [0.4, 0.5) is 0 Å². The fraction of sp³-hybridized carbons (Fsp3) is 0.714. The van der Waals surface area contributed by atoms with Crippen LogP contribution in [0.1, 0.15) is 44.7 Å². The van der Waals surface area contributed by atoms with E-state index >= 15 is 0 Å². The molecule has 0 radical (unpaired) electrons. The van der Waals surface area contributed by atoms with Gasteiger partial charge in [-0.3, -0.25) is 0 Å². The molecule has 2 heteroatoms. The lowest BCUT2D eigenvalue weighted by atomic mass is 10.0. The van der Waals surface area contributed by atoms with Crippen LogP contribution in [0.3, 0.4) is 0 Å². The van der Waals surface area contributed by atoms with Crippen molar-refractivity contribution < 1.29 is 0 Å². The van der Waals surface area contributed by atoms with E-state index in [0.29, 0.717) is 0 Å². The Kier molecular flexibility index (Phi) is 4.46. The Morgan fingerprint density at radius 1 is 1.38 bits per heavy atom. The summed E-state index contributed by atoms with van der Waals surface area (Å²) in [6, 6.07) is 4.35. The van der Waals surface area contributed by atoms with Gasteiger partial charge in [-0.2, -0.15) is 0 Å². The van der Waals surface area contributed by atoms with Crippen molar-refractivity contribution in [2.45, 2.75) is 52.1 Å². The zero-order chi connectivity index (χ0) is 11.2. The van der Waals surface area contributed by atoms with Crippen molar-refractivity contribution in [1.82, 2.24) is 9.88 Å². The summed E-state index contributed by atoms with van der Waals surface area (Å²) in [6.07, 6.45) is 9.38. The number of aryl methyl sites for hydroxylation is 1. The lowest BCUT2D eigenvalue weighted by molar-refractivity contribution is 0.473. The number of hydrogen-bond acceptors (Lipinski definition) is 1. The third-order valence-electron chi connectivity index (χ3n) is 3.77. The minimum Gasteiger partial charge on any atom is -0.351 e. The van der Waals surface area contributed by atoms with Crippen LogP contribution in [-0.2, 0) is 13.1 Å². The first kappa shape index (κ1) is 11.7. The standard InChI is InChI=1S/C14H24N2/c1-2-16-11-5-8-14(16)12-15-10-9-13-6-3-4-7-13/h5,8,11,13,15H,2-4,6-7,9-10,12H2,1H3. The molecule has 0 saturated heterocycles. The molecule has 2 rings (SSSR count). The topological polar surface area (TPSA) is 17.0 Å². The Balaban J connectivity index is 1.64. The quantitative estimate of drug-likeness (QED) is 0.729. The van der Waals surface area contributed by atoms with Crippen molar-refractivity contribution in [3.05, 3.63) is 24.0 Å². The van der Waals surface area contributed by atoms with Gasteiger partial charge in [0.15, 0.2) is 0 Å². The minimum absolute atomic E-state index is 1.01. The number of rotatable bonds is 6. The Morgan fingerprint density at radius 3 is 2.94 bits per heavy atom. The molecular weight excluding hydrogens is 196 g/mol. The van der Waals surface area contributed by atoms with Gasteiger partial charge in [0.1, 0.15) is 0 Å². The summed E-state index contributed by atoms with van der Waals surface area (Å²) >= 11 is 0. The van der Waals surface area contributed by atoms with Crippen molar-refractivity contribution >= 4 is 0 Å². The average molecular weight is 220 g/mol. The highest BCUT2D eigenvalue weighted by Gasteiger charge is 2.13. The highest BCUT2D eigenvalue weighted by molar-refractivity contribution is 5.06. The molecule has 90 valence electrons. The molecule has 1 fully saturated rings. The molecule has 0 aromatic carbocycles. The summed E-state index contributed by atoms with van der Waals surface area (Å²) in [7, 11) is 0. The molecule has 1 N–H and O–H groups in total. The lowest BCUT2D eigenvalue weighted by Gasteiger charge is -2.11. The highest BCUT2D eigenvalue weighted by atomic mass is 15.0. The first-order valence-corrected chi connectivity index (χ1v) is 6.75. The van der Waals surface area contributed by atoms with Crippen molar-refractivity contribution in [2.24, 2.45) is 5.92 Å². The number of hydrogen-bond donors (Lipinski definition) is 1. The molecule has 1 saturated carbocycles. The number of aromatic nitrogens is 1. The predicted molar refractivity (Wildman–Crippen MR) is 68.4 cm³/mol. The van der Waals surface area contributed by atoms with Crippen molar-refractivity contribution in [3.8, 4) is 0 Å². The van der Waals surface area contributed by atoms with Crippen LogP contribution >= 0.6 is 0 Å². The third kappa shape index (κ3) is 3.11. The fourth-order valence-corrected chi connectivity index (χ4v) is 2.74. The largest absolute Gasteiger partial charge is 0.351 e. The van der Waals surface area contributed by atoms with Crippen LogP contribution in [-0.4, -0.2) is 11.1 Å². The van der Waals surface area contributed by atoms with E-state index in [9.17, 15) is 0 Å². The Bertz CT molecular complexity index is 297. The van der Waals surface area contributed by atoms with Crippen LogP contribution in [0.15, 0.2) is 18.3 Å². The van der Waals surface area contributed by atoms with Gasteiger partial charge in [0.2, 0.25) is 0 Å². The second-order valence-corrected chi connectivity index (χ2v) is 4.90. The van der Waals surface area contributed by atoms with Gasteiger partial charge in [-0.05, 0) is 37.9 Å². The normalized spacial score (nSPS) is 17.1. The Hall–Kier alpha value is -0.760. The molecule has 2 nitrogen and oxygen atoms in total. The Morgan fingerprint density at radius 2 is 2.19 bits per heavy atom. The van der Waals surface area contributed by atoms with Crippen molar-refractivity contribution in [2.75, 3.05) is 6.54 Å². The molecule has 0 amide bonds. The molecule has 1 aromatic heterocycles. The molecule has 0 spiro atoms. The average Bonchev–Trinajstić information content (AvgIpc) is 2.95. The summed E-state index contributed by atoms with van der Waals surface area (Å²) < 4.78 is 2.31. The maximum Gasteiger partial charge on any atom is 0.0359 e. The van der Waals surface area contributed by atoms with E-state index in [2.05, 4.69) is 35.1 Å². The SMILES string of the molecule is CCn1cccc1CNCCC1CCCC1. The van der Waals surface area contributed by atoms with Crippen molar-refractivity contribution in [3.63, 3.8) is 0 Å². The summed E-state index contributed by atoms with van der Waals surface area (Å²) in [5, 5.41) is 3.57. The zero-order valence-electron chi connectivity index (χ0n) is 10.4. The predicted octanol–water partition coefficient (Wildman–Crippen LogP) is 3.18. The van der Waals surface area contributed by atoms with Gasteiger partial charge in [0.25, 0.3) is 0 Å². The van der Waals surface area contributed by atoms with Crippen molar-refractivity contribution in [1.29, 1.82) is 0 Å². The maximum absolute atomic E-state index is 3.57. The molecule has 0 aliphatic heterocycles. The molecule has 0 unspecified atom stereocenters. The first-order chi connectivity index (χ1) is 7.90. The lowest BCUT2D eigenvalue weighted by Crippen LogP contribution is -2.18. The summed E-state index contributed by atoms with van der Waals surface area (Å²) in [6.45, 7) is 5.47. The first-order valence-electron chi connectivity index (χ1n) is 6.75. The summed E-state index contributed by atoms with van der Waals surface area (Å²) in [5.41, 5.74) is 1.41. The van der Waals surface area contributed by atoms with Crippen LogP contribution in [0.25, 0.3) is 0 Å². The highest BCUT2D eigenvalue weighted by Crippen LogP contribution is 2.26. The smallest absolute Gasteiger partial charge is 0.0359 e. The maximum atomic E-state index is 3.57. The van der Waals surface area contributed by atoms with E-state index in [-0.39, 0.29) is 0 Å². The molecular formula is C14H24N2. The van der Waals surface area contributed by atoms with E-state index in [1.165, 1.54) is 44.3 Å². The fourth-order valence-electron chi connectivity index (χ4n) is 2.74. The summed E-state index contributed by atoms with van der Waals surface area (Å²) in [5.74, 6) is 1.01. The van der Waals surface area contributed by atoms with Gasteiger partial charge in [-0.25, -0.2) is 0 Å². The van der Waals surface area contributed by atoms with Crippen LogP contribution in [0.2, 0.25) is 0 Å². The van der Waals surface area contributed by atoms with E-state index in [0.717, 1.165) is 19.0 Å². The zero-order valence-corrected chi connectivity index (χ0v) is 10.4. The second kappa shape index (κ2) is 6.09. The molecule has 0 bridgehead atoms. The molecule has 1 heterocycles. The van der Waals surface area contributed by atoms with Crippen LogP contribution in [0.5, 0.6) is 0 Å². The van der Waals surface area contributed by atoms with Gasteiger partial charge in [-0.1, -0.05) is 25.7 Å². The summed E-state index contributed by atoms with van der Waals surface area (Å²) in [4.78, 5) is 0. The van der Waals surface area contributed by atoms with Crippen LogP contribution in [0, 0.1) is 5.92 Å². The van der Waals surface area contributed by atoms with E-state index in [1.807, 2.05) is 0 Å². The number of nitrogens with one attached hydrogen (secondary N) is 1. The third-order valence-corrected chi connectivity index (χ3v) is 3.77. The van der Waals surface area contributed by atoms with Gasteiger partial charge in [-0.15, -0.1) is 0 Å². The van der Waals surface area contributed by atoms with Crippen LogP contribution < -0.4 is 5.32 Å². The van der Waals surface area contributed by atoms with Gasteiger partial charge in [0, 0.05) is 25.0 Å². The van der Waals surface area contributed by atoms with Gasteiger partial charge in [0.05, 0.1) is 0 Å². The molecule has 16 heavy (non-hydrogen) atoms. The molecule has 1 aliphatic rings. The molecule has 1 aliphatic carbocycles. The second-order valence-electron chi connectivity index (χ2n) is 4.90. The Labute approximate surface area is 99.0 Å². The van der Waals surface area contributed by atoms with E-state index in [1.54, 1.807) is 0 Å². The minimum atomic E-state index is 1.01. The molecule has 1 aromatic rings. The molecule has 0 atom stereocenters. The van der Waals surface area contributed by atoms with E-state index < -0.39 is 0 Å². The van der Waals surface area contributed by atoms with Gasteiger partial charge < -0.3 is 9.88 Å². The monoisotopic (exact) mass is 220 g/mol. The van der Waals surface area contributed by atoms with E-state index in [4.69, 9.17) is 0 Å². The van der Waals surface area contributed by atoms with Gasteiger partial charge >= 0.3 is 0 Å².